The summed E-state index contributed by atoms with van der Waals surface area (Å²) in [6, 6.07) is 27.1. The lowest BCUT2D eigenvalue weighted by molar-refractivity contribution is -0.0195. The first-order chi connectivity index (χ1) is 14.8. The van der Waals surface area contributed by atoms with Crippen molar-refractivity contribution in [3.05, 3.63) is 84.4 Å². The Hall–Kier alpha value is -3.15. The van der Waals surface area contributed by atoms with Crippen LogP contribution in [0.4, 0.5) is 5.95 Å². The molecule has 0 amide bonds. The molecular formula is C25H25N3O2. The van der Waals surface area contributed by atoms with Crippen LogP contribution in [0.1, 0.15) is 24.6 Å². The van der Waals surface area contributed by atoms with E-state index in [1.165, 1.54) is 16.7 Å². The first-order valence-corrected chi connectivity index (χ1v) is 10.4. The Morgan fingerprint density at radius 3 is 2.40 bits per heavy atom. The predicted octanol–water partition coefficient (Wildman–Crippen LogP) is 4.99. The maximum atomic E-state index is 9.46. The summed E-state index contributed by atoms with van der Waals surface area (Å²) in [5.41, 5.74) is 5.60. The van der Waals surface area contributed by atoms with Gasteiger partial charge in [0.15, 0.2) is 0 Å². The molecule has 30 heavy (non-hydrogen) atoms. The van der Waals surface area contributed by atoms with Gasteiger partial charge in [-0.25, -0.2) is 4.98 Å². The zero-order valence-electron chi connectivity index (χ0n) is 16.7. The lowest BCUT2D eigenvalue weighted by Crippen LogP contribution is -2.16. The Morgan fingerprint density at radius 1 is 0.900 bits per heavy atom. The summed E-state index contributed by atoms with van der Waals surface area (Å²) in [4.78, 5) is 4.80. The Labute approximate surface area is 176 Å². The maximum absolute atomic E-state index is 9.46. The van der Waals surface area contributed by atoms with Crippen LogP contribution in [0.3, 0.4) is 0 Å². The molecule has 0 radical (unpaired) electrons. The number of imidazole rings is 1. The number of para-hydroxylation sites is 2. The predicted molar refractivity (Wildman–Crippen MR) is 119 cm³/mol. The van der Waals surface area contributed by atoms with Gasteiger partial charge in [0.2, 0.25) is 5.95 Å². The van der Waals surface area contributed by atoms with Crippen molar-refractivity contribution in [2.45, 2.75) is 31.7 Å². The molecule has 0 spiro atoms. The quantitative estimate of drug-likeness (QED) is 0.480. The zero-order chi connectivity index (χ0) is 20.3. The van der Waals surface area contributed by atoms with Gasteiger partial charge in [0.25, 0.3) is 0 Å². The Morgan fingerprint density at radius 2 is 1.63 bits per heavy atom. The minimum absolute atomic E-state index is 0.0552. The van der Waals surface area contributed by atoms with Crippen LogP contribution >= 0.6 is 0 Å². The smallest absolute Gasteiger partial charge is 0.206 e. The summed E-state index contributed by atoms with van der Waals surface area (Å²) in [7, 11) is 0. The topological polar surface area (TPSA) is 59.3 Å². The van der Waals surface area contributed by atoms with E-state index < -0.39 is 0 Å². The number of ether oxygens (including phenoxy) is 1. The van der Waals surface area contributed by atoms with Gasteiger partial charge in [-0.1, -0.05) is 66.7 Å². The minimum atomic E-state index is -0.113. The number of aliphatic hydroxyl groups excluding tert-OH is 1. The van der Waals surface area contributed by atoms with E-state index >= 15 is 0 Å². The molecule has 0 aliphatic carbocycles. The third kappa shape index (κ3) is 3.70. The number of nitrogens with zero attached hydrogens (tertiary/aromatic N) is 2. The highest BCUT2D eigenvalue weighted by Crippen LogP contribution is 2.34. The standard InChI is InChI=1S/C25H25N3O2/c29-17-21-14-15-24(30-21)28-23-9-5-4-8-22(23)27-25(28)26-16-18-10-12-20(13-11-18)19-6-2-1-3-7-19/h1-13,21,24,29H,14-17H2,(H,26,27)/t21-,24+/m0/s1. The van der Waals surface area contributed by atoms with Crippen LogP contribution in [0.5, 0.6) is 0 Å². The number of hydrogen-bond acceptors (Lipinski definition) is 4. The van der Waals surface area contributed by atoms with Crippen molar-refractivity contribution in [2.75, 3.05) is 11.9 Å². The Kier molecular flexibility index (Phi) is 5.22. The van der Waals surface area contributed by atoms with Gasteiger partial charge < -0.3 is 15.2 Å². The Balaban J connectivity index is 1.37. The molecule has 5 heteroatoms. The summed E-state index contributed by atoms with van der Waals surface area (Å²) in [5.74, 6) is 0.798. The van der Waals surface area contributed by atoms with E-state index in [-0.39, 0.29) is 18.9 Å². The van der Waals surface area contributed by atoms with E-state index in [9.17, 15) is 5.11 Å². The van der Waals surface area contributed by atoms with Crippen LogP contribution in [0.25, 0.3) is 22.2 Å². The van der Waals surface area contributed by atoms with Crippen molar-refractivity contribution in [2.24, 2.45) is 0 Å². The first-order valence-electron chi connectivity index (χ1n) is 10.4. The second-order valence-corrected chi connectivity index (χ2v) is 7.68. The van der Waals surface area contributed by atoms with E-state index in [2.05, 4.69) is 64.5 Å². The third-order valence-electron chi connectivity index (χ3n) is 5.68. The van der Waals surface area contributed by atoms with Gasteiger partial charge in [-0.15, -0.1) is 0 Å². The number of benzene rings is 3. The molecule has 3 aromatic carbocycles. The van der Waals surface area contributed by atoms with Crippen LogP contribution in [0.15, 0.2) is 78.9 Å². The van der Waals surface area contributed by atoms with Gasteiger partial charge in [-0.2, -0.15) is 0 Å². The van der Waals surface area contributed by atoms with Crippen molar-refractivity contribution >= 4 is 17.0 Å². The van der Waals surface area contributed by atoms with Crippen molar-refractivity contribution in [3.8, 4) is 11.1 Å². The van der Waals surface area contributed by atoms with Gasteiger partial charge in [0.1, 0.15) is 6.23 Å². The second-order valence-electron chi connectivity index (χ2n) is 7.68. The zero-order valence-corrected chi connectivity index (χ0v) is 16.7. The first kappa shape index (κ1) is 18.9. The van der Waals surface area contributed by atoms with Gasteiger partial charge in [-0.3, -0.25) is 4.57 Å². The van der Waals surface area contributed by atoms with E-state index in [0.29, 0.717) is 6.54 Å². The highest BCUT2D eigenvalue weighted by molar-refractivity contribution is 5.78. The van der Waals surface area contributed by atoms with E-state index in [0.717, 1.165) is 29.8 Å². The molecule has 0 bridgehead atoms. The highest BCUT2D eigenvalue weighted by Gasteiger charge is 2.29. The summed E-state index contributed by atoms with van der Waals surface area (Å²) in [5, 5.41) is 13.0. The Bertz CT molecular complexity index is 1120. The highest BCUT2D eigenvalue weighted by atomic mass is 16.5. The second kappa shape index (κ2) is 8.30. The lowest BCUT2D eigenvalue weighted by Gasteiger charge is -2.18. The summed E-state index contributed by atoms with van der Waals surface area (Å²) < 4.78 is 8.18. The number of aromatic nitrogens is 2. The maximum Gasteiger partial charge on any atom is 0.206 e. The fraction of sp³-hybridized carbons (Fsp3) is 0.240. The van der Waals surface area contributed by atoms with Crippen LogP contribution in [0, 0.1) is 0 Å². The van der Waals surface area contributed by atoms with Crippen molar-refractivity contribution in [3.63, 3.8) is 0 Å². The molecule has 4 aromatic rings. The monoisotopic (exact) mass is 399 g/mol. The van der Waals surface area contributed by atoms with Crippen molar-refractivity contribution in [1.82, 2.24) is 9.55 Å². The van der Waals surface area contributed by atoms with E-state index in [4.69, 9.17) is 9.72 Å². The van der Waals surface area contributed by atoms with Crippen molar-refractivity contribution in [1.29, 1.82) is 0 Å². The number of nitrogens with one attached hydrogen (secondary N) is 1. The average molecular weight is 399 g/mol. The molecule has 0 saturated carbocycles. The van der Waals surface area contributed by atoms with Crippen LogP contribution in [0.2, 0.25) is 0 Å². The average Bonchev–Trinajstić information content (AvgIpc) is 3.42. The number of rotatable bonds is 6. The number of hydrogen-bond donors (Lipinski definition) is 2. The molecule has 2 heterocycles. The molecule has 1 saturated heterocycles. The fourth-order valence-corrected chi connectivity index (χ4v) is 4.10. The van der Waals surface area contributed by atoms with Gasteiger partial charge in [0.05, 0.1) is 23.7 Å². The summed E-state index contributed by atoms with van der Waals surface area (Å²) >= 11 is 0. The van der Waals surface area contributed by atoms with E-state index in [1.54, 1.807) is 0 Å². The fourth-order valence-electron chi connectivity index (χ4n) is 4.10. The van der Waals surface area contributed by atoms with Crippen molar-refractivity contribution < 1.29 is 9.84 Å². The van der Waals surface area contributed by atoms with Gasteiger partial charge in [-0.05, 0) is 41.7 Å². The third-order valence-corrected chi connectivity index (χ3v) is 5.68. The molecule has 152 valence electrons. The summed E-state index contributed by atoms with van der Waals surface area (Å²) in [6.07, 6.45) is 1.51. The minimum Gasteiger partial charge on any atom is -0.394 e. The molecule has 2 atom stereocenters. The number of anilines is 1. The SMILES string of the molecule is OC[C@@H]1CC[C@H](n2c(NCc3ccc(-c4ccccc4)cc3)nc3ccccc32)O1. The molecule has 1 aromatic heterocycles. The molecule has 1 fully saturated rings. The van der Waals surface area contributed by atoms with Gasteiger partial charge >= 0.3 is 0 Å². The molecule has 5 nitrogen and oxygen atoms in total. The molecule has 0 unspecified atom stereocenters. The van der Waals surface area contributed by atoms with Crippen LogP contribution in [-0.4, -0.2) is 27.4 Å². The van der Waals surface area contributed by atoms with Crippen LogP contribution < -0.4 is 5.32 Å². The number of fused-ring (bicyclic) bond motifs is 1. The normalized spacial score (nSPS) is 18.7. The summed E-state index contributed by atoms with van der Waals surface area (Å²) in [6.45, 7) is 0.730. The number of aliphatic hydroxyl groups is 1. The molecule has 1 aliphatic rings. The van der Waals surface area contributed by atoms with E-state index in [1.807, 2.05) is 24.3 Å². The lowest BCUT2D eigenvalue weighted by atomic mass is 10.0. The molecule has 1 aliphatic heterocycles. The largest absolute Gasteiger partial charge is 0.394 e. The van der Waals surface area contributed by atoms with Gasteiger partial charge in [0, 0.05) is 6.54 Å². The molecular weight excluding hydrogens is 374 g/mol. The molecule has 2 N–H and O–H groups in total. The van der Waals surface area contributed by atoms with Crippen LogP contribution in [-0.2, 0) is 11.3 Å². The molecule has 5 rings (SSSR count).